The second-order valence-corrected chi connectivity index (χ2v) is 8.62. The fourth-order valence-corrected chi connectivity index (χ4v) is 4.59. The van der Waals surface area contributed by atoms with Crippen molar-refractivity contribution in [3.8, 4) is 5.75 Å². The maximum atomic E-state index is 13.0. The van der Waals surface area contributed by atoms with E-state index in [9.17, 15) is 9.59 Å². The number of hydrogen-bond donors (Lipinski definition) is 0. The lowest BCUT2D eigenvalue weighted by Crippen LogP contribution is -2.32. The van der Waals surface area contributed by atoms with E-state index in [0.717, 1.165) is 27.8 Å². The van der Waals surface area contributed by atoms with Crippen molar-refractivity contribution in [3.05, 3.63) is 104 Å². The number of methoxy groups -OCH3 is 1. The molecule has 0 aliphatic carbocycles. The smallest absolute Gasteiger partial charge is 0.340 e. The van der Waals surface area contributed by atoms with Gasteiger partial charge in [-0.25, -0.2) is 9.59 Å². The topological polar surface area (TPSA) is 69.0 Å². The second-order valence-electron chi connectivity index (χ2n) is 8.21. The van der Waals surface area contributed by atoms with E-state index in [0.29, 0.717) is 40.4 Å². The van der Waals surface area contributed by atoms with Gasteiger partial charge < -0.3 is 18.8 Å². The van der Waals surface area contributed by atoms with E-state index in [1.807, 2.05) is 60.4 Å². The van der Waals surface area contributed by atoms with Crippen LogP contribution in [0.25, 0.3) is 11.0 Å². The van der Waals surface area contributed by atoms with Crippen molar-refractivity contribution in [3.63, 3.8) is 0 Å². The average molecular weight is 476 g/mol. The molecule has 0 radical (unpaired) electrons. The SMILES string of the molecule is COC(=O)c1ccc(N2COc3c(Cl)cc4c(C)c(Cc5ccccc5)c(=O)oc4c3C2)cc1. The molecule has 0 spiro atoms. The Labute approximate surface area is 201 Å². The van der Waals surface area contributed by atoms with Crippen molar-refractivity contribution in [1.82, 2.24) is 0 Å². The summed E-state index contributed by atoms with van der Waals surface area (Å²) in [6, 6.07) is 18.7. The second kappa shape index (κ2) is 8.88. The van der Waals surface area contributed by atoms with Crippen LogP contribution in [-0.4, -0.2) is 19.8 Å². The maximum Gasteiger partial charge on any atom is 0.340 e. The van der Waals surface area contributed by atoms with Crippen LogP contribution in [0.5, 0.6) is 5.75 Å². The molecule has 0 N–H and O–H groups in total. The number of hydrogen-bond acceptors (Lipinski definition) is 6. The molecule has 0 saturated heterocycles. The summed E-state index contributed by atoms with van der Waals surface area (Å²) in [6.07, 6.45) is 0.481. The fourth-order valence-electron chi connectivity index (χ4n) is 4.31. The Morgan fingerprint density at radius 2 is 1.85 bits per heavy atom. The summed E-state index contributed by atoms with van der Waals surface area (Å²) < 4.78 is 16.6. The summed E-state index contributed by atoms with van der Waals surface area (Å²) in [6.45, 7) is 2.63. The van der Waals surface area contributed by atoms with Gasteiger partial charge in [0.15, 0.2) is 6.73 Å². The Morgan fingerprint density at radius 3 is 2.56 bits per heavy atom. The van der Waals surface area contributed by atoms with Crippen LogP contribution in [0.2, 0.25) is 5.02 Å². The van der Waals surface area contributed by atoms with Gasteiger partial charge in [0.2, 0.25) is 0 Å². The molecular formula is C27H22ClNO5. The van der Waals surface area contributed by atoms with Gasteiger partial charge in [-0.15, -0.1) is 0 Å². The van der Waals surface area contributed by atoms with Gasteiger partial charge in [-0.05, 0) is 48.4 Å². The summed E-state index contributed by atoms with van der Waals surface area (Å²) in [4.78, 5) is 26.7. The quantitative estimate of drug-likeness (QED) is 0.287. The molecule has 6 nitrogen and oxygen atoms in total. The number of carbonyl (C=O) groups is 1. The van der Waals surface area contributed by atoms with Gasteiger partial charge in [-0.1, -0.05) is 41.9 Å². The number of anilines is 1. The molecule has 1 aromatic heterocycles. The van der Waals surface area contributed by atoms with Crippen LogP contribution < -0.4 is 15.3 Å². The van der Waals surface area contributed by atoms with E-state index in [2.05, 4.69) is 0 Å². The number of ether oxygens (including phenoxy) is 2. The third-order valence-corrected chi connectivity index (χ3v) is 6.45. The zero-order valence-corrected chi connectivity index (χ0v) is 19.5. The van der Waals surface area contributed by atoms with Gasteiger partial charge in [0.05, 0.1) is 29.8 Å². The van der Waals surface area contributed by atoms with Gasteiger partial charge in [0, 0.05) is 23.1 Å². The van der Waals surface area contributed by atoms with Crippen LogP contribution in [0.3, 0.4) is 0 Å². The van der Waals surface area contributed by atoms with Crippen LogP contribution in [-0.2, 0) is 17.7 Å². The zero-order chi connectivity index (χ0) is 23.8. The van der Waals surface area contributed by atoms with E-state index in [4.69, 9.17) is 25.5 Å². The largest absolute Gasteiger partial charge is 0.471 e. The number of nitrogens with zero attached hydrogens (tertiary/aromatic N) is 1. The molecule has 34 heavy (non-hydrogen) atoms. The number of carbonyl (C=O) groups excluding carboxylic acids is 1. The lowest BCUT2D eigenvalue weighted by atomic mass is 9.97. The summed E-state index contributed by atoms with van der Waals surface area (Å²) in [7, 11) is 1.35. The molecule has 4 aromatic rings. The first-order valence-corrected chi connectivity index (χ1v) is 11.2. The number of esters is 1. The first kappa shape index (κ1) is 22.0. The number of aryl methyl sites for hydroxylation is 1. The summed E-state index contributed by atoms with van der Waals surface area (Å²) in [5.74, 6) is 0.128. The predicted octanol–water partition coefficient (Wildman–Crippen LogP) is 5.49. The Hall–Kier alpha value is -3.77. The third-order valence-electron chi connectivity index (χ3n) is 6.17. The molecule has 0 amide bonds. The maximum absolute atomic E-state index is 13.0. The van der Waals surface area contributed by atoms with E-state index in [1.165, 1.54) is 7.11 Å². The first-order chi connectivity index (χ1) is 16.5. The molecule has 0 fully saturated rings. The molecule has 2 heterocycles. The molecule has 0 atom stereocenters. The normalized spacial score (nSPS) is 12.9. The van der Waals surface area contributed by atoms with Crippen LogP contribution in [0, 0.1) is 6.92 Å². The van der Waals surface area contributed by atoms with Crippen LogP contribution in [0.1, 0.15) is 32.6 Å². The minimum Gasteiger partial charge on any atom is -0.471 e. The van der Waals surface area contributed by atoms with Crippen LogP contribution >= 0.6 is 11.6 Å². The van der Waals surface area contributed by atoms with Crippen molar-refractivity contribution < 1.29 is 18.7 Å². The monoisotopic (exact) mass is 475 g/mol. The predicted molar refractivity (Wildman–Crippen MR) is 131 cm³/mol. The van der Waals surface area contributed by atoms with Crippen LogP contribution in [0.4, 0.5) is 5.69 Å². The van der Waals surface area contributed by atoms with Crippen molar-refractivity contribution in [1.29, 1.82) is 0 Å². The van der Waals surface area contributed by atoms with Crippen molar-refractivity contribution in [2.24, 2.45) is 0 Å². The van der Waals surface area contributed by atoms with Crippen molar-refractivity contribution in [2.45, 2.75) is 19.9 Å². The molecule has 0 saturated carbocycles. The van der Waals surface area contributed by atoms with E-state index in [1.54, 1.807) is 12.1 Å². The fraction of sp³-hybridized carbons (Fsp3) is 0.185. The highest BCUT2D eigenvalue weighted by atomic mass is 35.5. The zero-order valence-electron chi connectivity index (χ0n) is 18.8. The number of rotatable bonds is 4. The molecule has 1 aliphatic heterocycles. The molecule has 0 unspecified atom stereocenters. The minimum atomic E-state index is -0.395. The Bertz CT molecular complexity index is 1440. The van der Waals surface area contributed by atoms with Crippen LogP contribution in [0.15, 0.2) is 69.9 Å². The minimum absolute atomic E-state index is 0.269. The summed E-state index contributed by atoms with van der Waals surface area (Å²) in [5.41, 5.74) is 4.65. The van der Waals surface area contributed by atoms with Gasteiger partial charge in [-0.3, -0.25) is 0 Å². The first-order valence-electron chi connectivity index (χ1n) is 10.8. The summed E-state index contributed by atoms with van der Waals surface area (Å²) in [5, 5.41) is 1.27. The number of halogens is 1. The standard InChI is InChI=1S/C27H22ClNO5/c1-16-20-13-23(28)25-22(24(20)34-27(31)21(16)12-17-6-4-3-5-7-17)14-29(15-33-25)19-10-8-18(9-11-19)26(30)32-2/h3-11,13H,12,14-15H2,1-2H3. The van der Waals surface area contributed by atoms with Crippen molar-refractivity contribution >= 4 is 34.2 Å². The number of fused-ring (bicyclic) bond motifs is 3. The highest BCUT2D eigenvalue weighted by Crippen LogP contribution is 2.40. The Kier molecular flexibility index (Phi) is 5.75. The average Bonchev–Trinajstić information content (AvgIpc) is 2.87. The van der Waals surface area contributed by atoms with Gasteiger partial charge in [0.1, 0.15) is 11.3 Å². The van der Waals surface area contributed by atoms with Gasteiger partial charge in [-0.2, -0.15) is 0 Å². The molecule has 172 valence electrons. The highest BCUT2D eigenvalue weighted by Gasteiger charge is 2.26. The lowest BCUT2D eigenvalue weighted by molar-refractivity contribution is 0.0600. The Balaban J connectivity index is 1.55. The molecule has 0 bridgehead atoms. The summed E-state index contributed by atoms with van der Waals surface area (Å²) >= 11 is 6.60. The molecule has 5 rings (SSSR count). The van der Waals surface area contributed by atoms with Crippen molar-refractivity contribution in [2.75, 3.05) is 18.7 Å². The van der Waals surface area contributed by atoms with E-state index >= 15 is 0 Å². The Morgan fingerprint density at radius 1 is 1.12 bits per heavy atom. The number of benzene rings is 3. The lowest BCUT2D eigenvalue weighted by Gasteiger charge is -2.31. The third kappa shape index (κ3) is 3.90. The highest BCUT2D eigenvalue weighted by molar-refractivity contribution is 6.33. The molecule has 3 aromatic carbocycles. The molecule has 7 heteroatoms. The molecular weight excluding hydrogens is 454 g/mol. The van der Waals surface area contributed by atoms with E-state index < -0.39 is 5.97 Å². The van der Waals surface area contributed by atoms with E-state index in [-0.39, 0.29) is 12.4 Å². The molecule has 1 aliphatic rings. The van der Waals surface area contributed by atoms with Gasteiger partial charge >= 0.3 is 11.6 Å². The van der Waals surface area contributed by atoms with Gasteiger partial charge in [0.25, 0.3) is 0 Å².